The number of rotatable bonds is 1. The van der Waals surface area contributed by atoms with E-state index in [9.17, 15) is 13.2 Å². The fourth-order valence-electron chi connectivity index (χ4n) is 2.16. The average molecular weight is 276 g/mol. The quantitative estimate of drug-likeness (QED) is 0.679. The highest BCUT2D eigenvalue weighted by atomic mass is 35.5. The summed E-state index contributed by atoms with van der Waals surface area (Å²) in [4.78, 5) is 3.81. The van der Waals surface area contributed by atoms with Gasteiger partial charge in [-0.3, -0.25) is 4.98 Å². The molecule has 2 rings (SSSR count). The van der Waals surface area contributed by atoms with E-state index in [0.29, 0.717) is 12.0 Å². The second-order valence-corrected chi connectivity index (χ2v) is 4.93. The summed E-state index contributed by atoms with van der Waals surface area (Å²) < 4.78 is 38.7. The second-order valence-electron chi connectivity index (χ2n) is 4.37. The van der Waals surface area contributed by atoms with Gasteiger partial charge in [-0.25, -0.2) is 0 Å². The molecule has 0 fully saturated rings. The van der Waals surface area contributed by atoms with Gasteiger partial charge in [0.05, 0.1) is 10.9 Å². The second kappa shape index (κ2) is 5.31. The van der Waals surface area contributed by atoms with Crippen molar-refractivity contribution in [2.24, 2.45) is 0 Å². The molecule has 0 N–H and O–H groups in total. The van der Waals surface area contributed by atoms with Gasteiger partial charge in [0.1, 0.15) is 0 Å². The molecule has 1 aromatic rings. The highest BCUT2D eigenvalue weighted by Gasteiger charge is 2.34. The summed E-state index contributed by atoms with van der Waals surface area (Å²) in [5.74, 6) is 0. The Kier molecular flexibility index (Phi) is 3.95. The minimum Gasteiger partial charge on any atom is -0.264 e. The lowest BCUT2D eigenvalue weighted by Gasteiger charge is -2.14. The molecule has 0 aromatic carbocycles. The zero-order valence-corrected chi connectivity index (χ0v) is 10.4. The Morgan fingerprint density at radius 2 is 2.06 bits per heavy atom. The van der Waals surface area contributed by atoms with Crippen molar-refractivity contribution in [1.29, 1.82) is 0 Å². The van der Waals surface area contributed by atoms with Gasteiger partial charge in [-0.1, -0.05) is 12.5 Å². The van der Waals surface area contributed by atoms with E-state index < -0.39 is 11.7 Å². The fraction of sp³-hybridized carbons (Fsp3) is 0.462. The maximum Gasteiger partial charge on any atom is 0.417 e. The van der Waals surface area contributed by atoms with E-state index in [1.165, 1.54) is 12.4 Å². The molecule has 0 bridgehead atoms. The maximum absolute atomic E-state index is 12.9. The topological polar surface area (TPSA) is 12.9 Å². The number of alkyl halides is 4. The summed E-state index contributed by atoms with van der Waals surface area (Å²) in [7, 11) is 0. The van der Waals surface area contributed by atoms with Crippen LogP contribution in [0.25, 0.3) is 5.57 Å². The lowest BCUT2D eigenvalue weighted by atomic mass is 9.98. The van der Waals surface area contributed by atoms with Gasteiger partial charge in [0.15, 0.2) is 0 Å². The van der Waals surface area contributed by atoms with Crippen LogP contribution in [0, 0.1) is 0 Å². The number of hydrogen-bond acceptors (Lipinski definition) is 1. The lowest BCUT2D eigenvalue weighted by molar-refractivity contribution is -0.137. The molecule has 1 heterocycles. The number of aromatic nitrogens is 1. The first-order valence-corrected chi connectivity index (χ1v) is 6.28. The molecule has 1 aliphatic rings. The van der Waals surface area contributed by atoms with Gasteiger partial charge in [-0.05, 0) is 30.9 Å². The van der Waals surface area contributed by atoms with Crippen LogP contribution in [0.1, 0.15) is 36.8 Å². The van der Waals surface area contributed by atoms with Crippen molar-refractivity contribution in [2.45, 2.75) is 37.2 Å². The van der Waals surface area contributed by atoms with E-state index in [4.69, 9.17) is 11.6 Å². The van der Waals surface area contributed by atoms with Gasteiger partial charge >= 0.3 is 6.18 Å². The normalized spacial score (nSPS) is 21.3. The molecular weight excluding hydrogens is 263 g/mol. The standard InChI is InChI=1S/C13H13ClF3N/c14-10-4-2-1-3-9(7-10)11-8-18-6-5-12(11)13(15,16)17/h5-8,10H,1-4H2. The van der Waals surface area contributed by atoms with Crippen molar-refractivity contribution in [3.05, 3.63) is 35.7 Å². The van der Waals surface area contributed by atoms with Gasteiger partial charge in [-0.2, -0.15) is 13.2 Å². The third-order valence-corrected chi connectivity index (χ3v) is 3.37. The smallest absolute Gasteiger partial charge is 0.264 e. The summed E-state index contributed by atoms with van der Waals surface area (Å²) in [6.07, 6.45) is 3.07. The molecule has 0 amide bonds. The van der Waals surface area contributed by atoms with Crippen LogP contribution in [0.4, 0.5) is 13.2 Å². The van der Waals surface area contributed by atoms with E-state index in [0.717, 1.165) is 25.3 Å². The summed E-state index contributed by atoms with van der Waals surface area (Å²) >= 11 is 6.05. The van der Waals surface area contributed by atoms with Crippen molar-refractivity contribution in [2.75, 3.05) is 0 Å². The Morgan fingerprint density at radius 3 is 2.78 bits per heavy atom. The van der Waals surface area contributed by atoms with Crippen LogP contribution in [0.2, 0.25) is 0 Å². The Hall–Kier alpha value is -1.03. The lowest BCUT2D eigenvalue weighted by Crippen LogP contribution is -2.09. The van der Waals surface area contributed by atoms with E-state index in [-0.39, 0.29) is 10.9 Å². The zero-order chi connectivity index (χ0) is 13.2. The van der Waals surface area contributed by atoms with Crippen LogP contribution in [0.5, 0.6) is 0 Å². The summed E-state index contributed by atoms with van der Waals surface area (Å²) in [6, 6.07) is 1.02. The average Bonchev–Trinajstić information content (AvgIpc) is 2.53. The molecule has 5 heteroatoms. The van der Waals surface area contributed by atoms with Crippen LogP contribution in [0.3, 0.4) is 0 Å². The van der Waals surface area contributed by atoms with Crippen molar-refractivity contribution in [3.8, 4) is 0 Å². The zero-order valence-electron chi connectivity index (χ0n) is 9.67. The van der Waals surface area contributed by atoms with Gasteiger partial charge in [0, 0.05) is 18.0 Å². The van der Waals surface area contributed by atoms with Crippen LogP contribution in [-0.2, 0) is 6.18 Å². The van der Waals surface area contributed by atoms with Crippen molar-refractivity contribution in [1.82, 2.24) is 4.98 Å². The number of hydrogen-bond donors (Lipinski definition) is 0. The molecule has 0 spiro atoms. The molecule has 1 atom stereocenters. The maximum atomic E-state index is 12.9. The third-order valence-electron chi connectivity index (χ3n) is 3.03. The molecule has 98 valence electrons. The molecule has 1 aromatic heterocycles. The molecule has 0 aliphatic heterocycles. The van der Waals surface area contributed by atoms with Gasteiger partial charge < -0.3 is 0 Å². The summed E-state index contributed by atoms with van der Waals surface area (Å²) in [6.45, 7) is 0. The van der Waals surface area contributed by atoms with E-state index in [2.05, 4.69) is 4.98 Å². The molecule has 1 nitrogen and oxygen atoms in total. The first kappa shape index (κ1) is 13.4. The van der Waals surface area contributed by atoms with Crippen molar-refractivity contribution < 1.29 is 13.2 Å². The Bertz CT molecular complexity index is 454. The minimum absolute atomic E-state index is 0.164. The Balaban J connectivity index is 2.44. The van der Waals surface area contributed by atoms with Crippen molar-refractivity contribution >= 4 is 17.2 Å². The molecule has 1 unspecified atom stereocenters. The summed E-state index contributed by atoms with van der Waals surface area (Å²) in [5.41, 5.74) is 0.194. The predicted octanol–water partition coefficient (Wildman–Crippen LogP) is 4.67. The molecule has 0 radical (unpaired) electrons. The largest absolute Gasteiger partial charge is 0.417 e. The number of nitrogens with zero attached hydrogens (tertiary/aromatic N) is 1. The van der Waals surface area contributed by atoms with Crippen molar-refractivity contribution in [3.63, 3.8) is 0 Å². The Morgan fingerprint density at radius 1 is 1.28 bits per heavy atom. The number of halogens is 4. The number of allylic oxidation sites excluding steroid dienone is 2. The van der Waals surface area contributed by atoms with Gasteiger partial charge in [-0.15, -0.1) is 11.6 Å². The molecule has 0 saturated carbocycles. The molecule has 0 saturated heterocycles. The molecule has 18 heavy (non-hydrogen) atoms. The first-order chi connectivity index (χ1) is 8.48. The predicted molar refractivity (Wildman–Crippen MR) is 65.3 cm³/mol. The fourth-order valence-corrected chi connectivity index (χ4v) is 2.47. The monoisotopic (exact) mass is 275 g/mol. The van der Waals surface area contributed by atoms with Gasteiger partial charge in [0.25, 0.3) is 0 Å². The van der Waals surface area contributed by atoms with Crippen LogP contribution >= 0.6 is 11.6 Å². The highest BCUT2D eigenvalue weighted by Crippen LogP contribution is 2.37. The Labute approximate surface area is 109 Å². The van der Waals surface area contributed by atoms with Gasteiger partial charge in [0.2, 0.25) is 0 Å². The van der Waals surface area contributed by atoms with Crippen LogP contribution in [0.15, 0.2) is 24.5 Å². The first-order valence-electron chi connectivity index (χ1n) is 5.85. The minimum atomic E-state index is -4.35. The highest BCUT2D eigenvalue weighted by molar-refractivity contribution is 6.22. The molecular formula is C13H13ClF3N. The van der Waals surface area contributed by atoms with Crippen LogP contribution in [-0.4, -0.2) is 10.4 Å². The van der Waals surface area contributed by atoms with E-state index >= 15 is 0 Å². The third kappa shape index (κ3) is 3.05. The van der Waals surface area contributed by atoms with E-state index in [1.54, 1.807) is 6.08 Å². The molecule has 1 aliphatic carbocycles. The number of pyridine rings is 1. The summed E-state index contributed by atoms with van der Waals surface area (Å²) in [5, 5.41) is -0.191. The van der Waals surface area contributed by atoms with E-state index in [1.807, 2.05) is 0 Å². The van der Waals surface area contributed by atoms with Crippen LogP contribution < -0.4 is 0 Å². The SMILES string of the molecule is FC(F)(F)c1ccncc1C1=CC(Cl)CCCC1.